The van der Waals surface area contributed by atoms with E-state index >= 15 is 0 Å². The van der Waals surface area contributed by atoms with Crippen molar-refractivity contribution in [2.45, 2.75) is 17.7 Å². The number of nitrogens with one attached hydrogen (secondary N) is 1. The molecule has 6 nitrogen and oxygen atoms in total. The van der Waals surface area contributed by atoms with Gasteiger partial charge in [-0.1, -0.05) is 0 Å². The summed E-state index contributed by atoms with van der Waals surface area (Å²) in [5.41, 5.74) is 0.135. The van der Waals surface area contributed by atoms with E-state index in [2.05, 4.69) is 5.32 Å². The molecule has 1 unspecified atom stereocenters. The highest BCUT2D eigenvalue weighted by Crippen LogP contribution is 2.38. The van der Waals surface area contributed by atoms with Crippen LogP contribution in [0.2, 0.25) is 0 Å². The molecule has 1 N–H and O–H groups in total. The Labute approximate surface area is 137 Å². The largest absolute Gasteiger partial charge is 0.491 e. The van der Waals surface area contributed by atoms with Crippen molar-refractivity contribution in [1.82, 2.24) is 9.62 Å². The fourth-order valence-electron chi connectivity index (χ4n) is 3.34. The molecule has 128 valence electrons. The molecule has 2 aliphatic rings. The van der Waals surface area contributed by atoms with Crippen LogP contribution in [0.15, 0.2) is 29.2 Å². The average Bonchev–Trinajstić information content (AvgIpc) is 3.19. The van der Waals surface area contributed by atoms with E-state index in [-0.39, 0.29) is 5.41 Å². The first-order valence-corrected chi connectivity index (χ1v) is 9.42. The lowest BCUT2D eigenvalue weighted by Crippen LogP contribution is -2.33. The summed E-state index contributed by atoms with van der Waals surface area (Å²) in [6, 6.07) is 6.64. The normalized spacial score (nSPS) is 25.3. The summed E-state index contributed by atoms with van der Waals surface area (Å²) in [5, 5.41) is 3.35. The monoisotopic (exact) mass is 340 g/mol. The Bertz CT molecular complexity index is 624. The highest BCUT2D eigenvalue weighted by molar-refractivity contribution is 7.89. The molecule has 0 amide bonds. The van der Waals surface area contributed by atoms with E-state index in [0.717, 1.165) is 25.9 Å². The molecule has 1 aromatic carbocycles. The first-order valence-electron chi connectivity index (χ1n) is 7.98. The maximum absolute atomic E-state index is 12.8. The van der Waals surface area contributed by atoms with Gasteiger partial charge in [-0.25, -0.2) is 8.42 Å². The van der Waals surface area contributed by atoms with Crippen molar-refractivity contribution in [3.63, 3.8) is 0 Å². The molecule has 2 saturated heterocycles. The molecule has 1 spiro atoms. The molecule has 2 aliphatic heterocycles. The minimum atomic E-state index is -3.42. The summed E-state index contributed by atoms with van der Waals surface area (Å²) in [5.74, 6) is 0.652. The zero-order valence-electron chi connectivity index (χ0n) is 13.5. The van der Waals surface area contributed by atoms with Gasteiger partial charge in [0.2, 0.25) is 10.0 Å². The number of ether oxygens (including phenoxy) is 2. The molecule has 1 aromatic rings. The van der Waals surface area contributed by atoms with Gasteiger partial charge in [0.25, 0.3) is 0 Å². The molecule has 1 atom stereocenters. The van der Waals surface area contributed by atoms with Crippen molar-refractivity contribution < 1.29 is 17.9 Å². The zero-order chi connectivity index (χ0) is 16.3. The van der Waals surface area contributed by atoms with Crippen molar-refractivity contribution in [3.8, 4) is 5.75 Å². The minimum Gasteiger partial charge on any atom is -0.491 e. The summed E-state index contributed by atoms with van der Waals surface area (Å²) >= 11 is 0. The number of hydrogen-bond donors (Lipinski definition) is 1. The van der Waals surface area contributed by atoms with Gasteiger partial charge in [0, 0.05) is 26.7 Å². The molecule has 2 heterocycles. The molecule has 0 aromatic heterocycles. The summed E-state index contributed by atoms with van der Waals surface area (Å²) in [4.78, 5) is 0.333. The summed E-state index contributed by atoms with van der Waals surface area (Å²) in [6.45, 7) is 4.09. The van der Waals surface area contributed by atoms with Crippen LogP contribution in [-0.4, -0.2) is 59.2 Å². The Morgan fingerprint density at radius 1 is 1.22 bits per heavy atom. The fourth-order valence-corrected chi connectivity index (χ4v) is 4.90. The van der Waals surface area contributed by atoms with Gasteiger partial charge in [-0.05, 0) is 49.1 Å². The third-order valence-electron chi connectivity index (χ3n) is 4.75. The molecular weight excluding hydrogens is 316 g/mol. The van der Waals surface area contributed by atoms with Crippen LogP contribution in [0.5, 0.6) is 5.75 Å². The Morgan fingerprint density at radius 3 is 2.65 bits per heavy atom. The standard InChI is InChI=1S/C16H24N2O4S/c1-21-10-11-22-14-2-4-15(5-3-14)23(19,20)18-9-7-16(13-18)6-8-17-12-16/h2-5,17H,6-13H2,1H3. The lowest BCUT2D eigenvalue weighted by molar-refractivity contribution is 0.146. The lowest BCUT2D eigenvalue weighted by Gasteiger charge is -2.22. The van der Waals surface area contributed by atoms with Crippen molar-refractivity contribution in [2.24, 2.45) is 5.41 Å². The molecule has 0 bridgehead atoms. The summed E-state index contributed by atoms with van der Waals surface area (Å²) in [6.07, 6.45) is 2.00. The second-order valence-corrected chi connectivity index (χ2v) is 8.27. The lowest BCUT2D eigenvalue weighted by atomic mass is 9.87. The van der Waals surface area contributed by atoms with Crippen molar-refractivity contribution >= 4 is 10.0 Å². The number of benzene rings is 1. The SMILES string of the molecule is COCCOc1ccc(S(=O)(=O)N2CCC3(CCNC3)C2)cc1. The fraction of sp³-hybridized carbons (Fsp3) is 0.625. The number of sulfonamides is 1. The Hall–Kier alpha value is -1.15. The molecular formula is C16H24N2O4S. The quantitative estimate of drug-likeness (QED) is 0.785. The van der Waals surface area contributed by atoms with Gasteiger partial charge in [0.1, 0.15) is 12.4 Å². The van der Waals surface area contributed by atoms with Gasteiger partial charge in [0.05, 0.1) is 11.5 Å². The highest BCUT2D eigenvalue weighted by atomic mass is 32.2. The number of rotatable bonds is 6. The number of methoxy groups -OCH3 is 1. The Kier molecular flexibility index (Phi) is 4.91. The smallest absolute Gasteiger partial charge is 0.243 e. The van der Waals surface area contributed by atoms with Crippen LogP contribution in [0.3, 0.4) is 0 Å². The maximum Gasteiger partial charge on any atom is 0.243 e. The van der Waals surface area contributed by atoms with E-state index in [1.807, 2.05) is 0 Å². The van der Waals surface area contributed by atoms with Crippen molar-refractivity contribution in [3.05, 3.63) is 24.3 Å². The predicted octanol–water partition coefficient (Wildman–Crippen LogP) is 1.09. The summed E-state index contributed by atoms with van der Waals surface area (Å²) < 4.78 is 37.6. The van der Waals surface area contributed by atoms with Crippen LogP contribution in [0.4, 0.5) is 0 Å². The first-order chi connectivity index (χ1) is 11.1. The van der Waals surface area contributed by atoms with Gasteiger partial charge in [-0.15, -0.1) is 0 Å². The van der Waals surface area contributed by atoms with E-state index in [9.17, 15) is 8.42 Å². The van der Waals surface area contributed by atoms with E-state index in [4.69, 9.17) is 9.47 Å². The third kappa shape index (κ3) is 3.52. The number of nitrogens with zero attached hydrogens (tertiary/aromatic N) is 1. The Morgan fingerprint density at radius 2 is 2.00 bits per heavy atom. The topological polar surface area (TPSA) is 67.9 Å². The highest BCUT2D eigenvalue weighted by Gasteiger charge is 2.44. The van der Waals surface area contributed by atoms with E-state index in [1.165, 1.54) is 0 Å². The second-order valence-electron chi connectivity index (χ2n) is 6.33. The molecule has 0 radical (unpaired) electrons. The van der Waals surface area contributed by atoms with E-state index in [1.54, 1.807) is 35.7 Å². The zero-order valence-corrected chi connectivity index (χ0v) is 14.3. The average molecular weight is 340 g/mol. The minimum absolute atomic E-state index is 0.135. The maximum atomic E-state index is 12.8. The van der Waals surface area contributed by atoms with Crippen LogP contribution < -0.4 is 10.1 Å². The predicted molar refractivity (Wildman–Crippen MR) is 87.1 cm³/mol. The molecule has 3 rings (SSSR count). The Balaban J connectivity index is 1.68. The van der Waals surface area contributed by atoms with Crippen LogP contribution in [0.25, 0.3) is 0 Å². The first kappa shape index (κ1) is 16.7. The van der Waals surface area contributed by atoms with Crippen LogP contribution in [0.1, 0.15) is 12.8 Å². The molecule has 2 fully saturated rings. The molecule has 23 heavy (non-hydrogen) atoms. The van der Waals surface area contributed by atoms with Gasteiger partial charge in [0.15, 0.2) is 0 Å². The van der Waals surface area contributed by atoms with Gasteiger partial charge < -0.3 is 14.8 Å². The molecule has 0 saturated carbocycles. The molecule has 7 heteroatoms. The van der Waals surface area contributed by atoms with Crippen molar-refractivity contribution in [2.75, 3.05) is 46.5 Å². The second kappa shape index (κ2) is 6.76. The van der Waals surface area contributed by atoms with Gasteiger partial charge >= 0.3 is 0 Å². The van der Waals surface area contributed by atoms with E-state index < -0.39 is 10.0 Å². The number of hydrogen-bond acceptors (Lipinski definition) is 5. The van der Waals surface area contributed by atoms with Crippen LogP contribution >= 0.6 is 0 Å². The van der Waals surface area contributed by atoms with Crippen LogP contribution in [0, 0.1) is 5.41 Å². The van der Waals surface area contributed by atoms with Gasteiger partial charge in [-0.3, -0.25) is 0 Å². The van der Waals surface area contributed by atoms with Crippen LogP contribution in [-0.2, 0) is 14.8 Å². The molecule has 0 aliphatic carbocycles. The van der Waals surface area contributed by atoms with Gasteiger partial charge in [-0.2, -0.15) is 4.31 Å². The van der Waals surface area contributed by atoms with E-state index in [0.29, 0.717) is 36.9 Å². The summed E-state index contributed by atoms with van der Waals surface area (Å²) in [7, 11) is -1.81. The third-order valence-corrected chi connectivity index (χ3v) is 6.61. The van der Waals surface area contributed by atoms with Crippen molar-refractivity contribution in [1.29, 1.82) is 0 Å².